The molecule has 0 saturated carbocycles. The third-order valence-electron chi connectivity index (χ3n) is 5.02. The second-order valence-corrected chi connectivity index (χ2v) is 6.80. The quantitative estimate of drug-likeness (QED) is 0.510. The molecule has 7 heteroatoms. The largest absolute Gasteiger partial charge is 0.497 e. The third-order valence-corrected chi connectivity index (χ3v) is 5.02. The molecule has 0 aliphatic heterocycles. The van der Waals surface area contributed by atoms with E-state index in [4.69, 9.17) is 15.2 Å². The van der Waals surface area contributed by atoms with Gasteiger partial charge in [0.1, 0.15) is 17.3 Å². The van der Waals surface area contributed by atoms with Gasteiger partial charge in [-0.3, -0.25) is 14.2 Å². The Labute approximate surface area is 179 Å². The molecule has 0 fully saturated rings. The van der Waals surface area contributed by atoms with Gasteiger partial charge in [-0.2, -0.15) is 0 Å². The van der Waals surface area contributed by atoms with Crippen molar-refractivity contribution in [3.8, 4) is 11.5 Å². The van der Waals surface area contributed by atoms with E-state index in [-0.39, 0.29) is 17.3 Å². The Morgan fingerprint density at radius 3 is 2.32 bits per heavy atom. The molecule has 1 aromatic heterocycles. The van der Waals surface area contributed by atoms with Crippen LogP contribution in [-0.4, -0.2) is 30.6 Å². The topological polar surface area (TPSA) is 95.6 Å². The highest BCUT2D eigenvalue weighted by Crippen LogP contribution is 2.33. The van der Waals surface area contributed by atoms with Gasteiger partial charge in [0.2, 0.25) is 0 Å². The summed E-state index contributed by atoms with van der Waals surface area (Å²) in [6.07, 6.45) is 0. The third kappa shape index (κ3) is 3.57. The number of amides is 1. The first kappa shape index (κ1) is 20.0. The molecule has 7 nitrogen and oxygen atoms in total. The lowest BCUT2D eigenvalue weighted by Gasteiger charge is -2.12. The number of hydrogen-bond donors (Lipinski definition) is 2. The van der Waals surface area contributed by atoms with Crippen LogP contribution in [0.1, 0.15) is 20.7 Å². The molecule has 4 aromatic rings. The maximum Gasteiger partial charge on any atom is 0.263 e. The Hall–Kier alpha value is -4.26. The lowest BCUT2D eigenvalue weighted by atomic mass is 10.1. The van der Waals surface area contributed by atoms with Crippen molar-refractivity contribution >= 4 is 34.2 Å². The minimum absolute atomic E-state index is 0.0695. The number of para-hydroxylation sites is 1. The number of nitrogens with one attached hydrogen (secondary N) is 1. The van der Waals surface area contributed by atoms with E-state index in [1.54, 1.807) is 73.8 Å². The van der Waals surface area contributed by atoms with Crippen molar-refractivity contribution < 1.29 is 19.1 Å². The molecule has 0 radical (unpaired) electrons. The van der Waals surface area contributed by atoms with E-state index in [9.17, 15) is 9.59 Å². The van der Waals surface area contributed by atoms with Crippen LogP contribution in [0.4, 0.5) is 11.5 Å². The molecule has 0 spiro atoms. The first-order valence-electron chi connectivity index (χ1n) is 9.57. The molecule has 3 N–H and O–H groups in total. The zero-order valence-electron chi connectivity index (χ0n) is 17.1. The van der Waals surface area contributed by atoms with Gasteiger partial charge in [-0.25, -0.2) is 0 Å². The van der Waals surface area contributed by atoms with E-state index >= 15 is 0 Å². The van der Waals surface area contributed by atoms with Crippen LogP contribution in [-0.2, 0) is 0 Å². The summed E-state index contributed by atoms with van der Waals surface area (Å²) in [5.41, 5.74) is 8.06. The second-order valence-electron chi connectivity index (χ2n) is 6.80. The zero-order chi connectivity index (χ0) is 22.0. The van der Waals surface area contributed by atoms with Gasteiger partial charge < -0.3 is 20.5 Å². The van der Waals surface area contributed by atoms with E-state index in [0.717, 1.165) is 0 Å². The molecule has 0 saturated heterocycles. The number of hydrogen-bond acceptors (Lipinski definition) is 5. The van der Waals surface area contributed by atoms with Crippen molar-refractivity contribution in [3.05, 3.63) is 83.9 Å². The maximum atomic E-state index is 13.2. The molecule has 156 valence electrons. The minimum atomic E-state index is -0.447. The number of fused-ring (bicyclic) bond motifs is 1. The van der Waals surface area contributed by atoms with E-state index < -0.39 is 5.91 Å². The summed E-state index contributed by atoms with van der Waals surface area (Å²) >= 11 is 0. The van der Waals surface area contributed by atoms with E-state index in [2.05, 4.69) is 5.32 Å². The number of nitrogen functional groups attached to an aromatic ring is 1. The zero-order valence-corrected chi connectivity index (χ0v) is 17.1. The highest BCUT2D eigenvalue weighted by molar-refractivity contribution is 6.20. The lowest BCUT2D eigenvalue weighted by Crippen LogP contribution is -2.18. The molecule has 1 amide bonds. The number of rotatable bonds is 5. The number of nitrogens with two attached hydrogens (primary N) is 1. The van der Waals surface area contributed by atoms with Gasteiger partial charge in [0, 0.05) is 17.0 Å². The van der Waals surface area contributed by atoms with Crippen LogP contribution in [0.3, 0.4) is 0 Å². The van der Waals surface area contributed by atoms with Gasteiger partial charge in [0.25, 0.3) is 11.8 Å². The predicted octanol–water partition coefficient (Wildman–Crippen LogP) is 4.18. The number of ether oxygens (including phenoxy) is 2. The SMILES string of the molecule is COc1ccc(NC(=O)c2c(N)n(C(=O)c3ccccc3)c3ccccc23)c(OC)c1. The minimum Gasteiger partial charge on any atom is -0.497 e. The Bertz CT molecular complexity index is 1280. The second kappa shape index (κ2) is 8.23. The van der Waals surface area contributed by atoms with E-state index in [1.807, 2.05) is 6.07 Å². The first-order valence-corrected chi connectivity index (χ1v) is 9.57. The van der Waals surface area contributed by atoms with Crippen molar-refractivity contribution in [3.63, 3.8) is 0 Å². The highest BCUT2D eigenvalue weighted by atomic mass is 16.5. The fourth-order valence-corrected chi connectivity index (χ4v) is 3.51. The van der Waals surface area contributed by atoms with Gasteiger partial charge >= 0.3 is 0 Å². The molecular weight excluding hydrogens is 394 g/mol. The Balaban J connectivity index is 1.79. The monoisotopic (exact) mass is 415 g/mol. The highest BCUT2D eigenvalue weighted by Gasteiger charge is 2.25. The number of benzene rings is 3. The lowest BCUT2D eigenvalue weighted by molar-refractivity contribution is 0.0967. The molecular formula is C24H21N3O4. The number of methoxy groups -OCH3 is 2. The number of carbonyl (C=O) groups excluding carboxylic acids is 2. The standard InChI is InChI=1S/C24H21N3O4/c1-30-16-12-13-18(20(14-16)31-2)26-23(28)21-17-10-6-7-11-19(17)27(22(21)25)24(29)15-8-4-3-5-9-15/h3-14H,25H2,1-2H3,(H,26,28). The molecule has 0 atom stereocenters. The summed E-state index contributed by atoms with van der Waals surface area (Å²) in [5.74, 6) is 0.349. The van der Waals surface area contributed by atoms with Crippen LogP contribution in [0.25, 0.3) is 10.9 Å². The number of carbonyl (C=O) groups is 2. The Morgan fingerprint density at radius 1 is 0.903 bits per heavy atom. The van der Waals surface area contributed by atoms with Gasteiger partial charge in [-0.1, -0.05) is 36.4 Å². The number of anilines is 2. The molecule has 3 aromatic carbocycles. The van der Waals surface area contributed by atoms with Gasteiger partial charge in [0.05, 0.1) is 31.0 Å². The summed E-state index contributed by atoms with van der Waals surface area (Å²) < 4.78 is 11.9. The molecule has 0 aliphatic carbocycles. The molecule has 0 bridgehead atoms. The average Bonchev–Trinajstić information content (AvgIpc) is 3.11. The Kier molecular flexibility index (Phi) is 5.32. The van der Waals surface area contributed by atoms with E-state index in [1.165, 1.54) is 11.7 Å². The van der Waals surface area contributed by atoms with Crippen molar-refractivity contribution in [1.29, 1.82) is 0 Å². The summed E-state index contributed by atoms with van der Waals surface area (Å²) in [6.45, 7) is 0. The van der Waals surface area contributed by atoms with Crippen molar-refractivity contribution in [1.82, 2.24) is 4.57 Å². The normalized spacial score (nSPS) is 10.6. The van der Waals surface area contributed by atoms with Crippen LogP contribution in [0.2, 0.25) is 0 Å². The molecule has 0 unspecified atom stereocenters. The molecule has 0 aliphatic rings. The van der Waals surface area contributed by atoms with Gasteiger partial charge in [0.15, 0.2) is 0 Å². The smallest absolute Gasteiger partial charge is 0.263 e. The van der Waals surface area contributed by atoms with E-state index in [0.29, 0.717) is 33.7 Å². The Morgan fingerprint density at radius 2 is 1.61 bits per heavy atom. The first-order chi connectivity index (χ1) is 15.0. The average molecular weight is 415 g/mol. The van der Waals surface area contributed by atoms with Crippen LogP contribution < -0.4 is 20.5 Å². The summed E-state index contributed by atoms with van der Waals surface area (Å²) in [7, 11) is 3.05. The van der Waals surface area contributed by atoms with Crippen molar-refractivity contribution in [2.24, 2.45) is 0 Å². The maximum absolute atomic E-state index is 13.2. The van der Waals surface area contributed by atoms with Crippen LogP contribution in [0.5, 0.6) is 11.5 Å². The summed E-state index contributed by atoms with van der Waals surface area (Å²) in [6, 6.07) is 21.0. The fourth-order valence-electron chi connectivity index (χ4n) is 3.51. The van der Waals surface area contributed by atoms with Crippen LogP contribution in [0, 0.1) is 0 Å². The van der Waals surface area contributed by atoms with Crippen molar-refractivity contribution in [2.75, 3.05) is 25.3 Å². The van der Waals surface area contributed by atoms with Crippen LogP contribution in [0.15, 0.2) is 72.8 Å². The molecule has 1 heterocycles. The van der Waals surface area contributed by atoms with Crippen molar-refractivity contribution in [2.45, 2.75) is 0 Å². The van der Waals surface area contributed by atoms with Crippen LogP contribution >= 0.6 is 0 Å². The predicted molar refractivity (Wildman–Crippen MR) is 120 cm³/mol. The number of nitrogens with zero attached hydrogens (tertiary/aromatic N) is 1. The van der Waals surface area contributed by atoms with Gasteiger partial charge in [-0.05, 0) is 30.3 Å². The number of aromatic nitrogens is 1. The summed E-state index contributed by atoms with van der Waals surface area (Å²) in [5, 5.41) is 3.41. The summed E-state index contributed by atoms with van der Waals surface area (Å²) in [4.78, 5) is 26.4. The fraction of sp³-hybridized carbons (Fsp3) is 0.0833. The molecule has 31 heavy (non-hydrogen) atoms. The molecule has 4 rings (SSSR count). The van der Waals surface area contributed by atoms with Gasteiger partial charge in [-0.15, -0.1) is 0 Å².